The van der Waals surface area contributed by atoms with Gasteiger partial charge in [0.05, 0.1) is 0 Å². The third-order valence-corrected chi connectivity index (χ3v) is 2.09. The molecule has 0 bridgehead atoms. The molecule has 2 rings (SSSR count). The van der Waals surface area contributed by atoms with E-state index in [0.29, 0.717) is 0 Å². The van der Waals surface area contributed by atoms with Crippen molar-refractivity contribution in [2.75, 3.05) is 11.9 Å². The monoisotopic (exact) mass is 151 g/mol. The van der Waals surface area contributed by atoms with E-state index in [4.69, 9.17) is 0 Å². The van der Waals surface area contributed by atoms with Crippen LogP contribution in [0.4, 0.5) is 10.1 Å². The van der Waals surface area contributed by atoms with E-state index in [9.17, 15) is 4.39 Å². The second kappa shape index (κ2) is 2.22. The van der Waals surface area contributed by atoms with Crippen molar-refractivity contribution < 1.29 is 4.39 Å². The van der Waals surface area contributed by atoms with Crippen LogP contribution >= 0.6 is 0 Å². The summed E-state index contributed by atoms with van der Waals surface area (Å²) in [5, 5.41) is 3.20. The van der Waals surface area contributed by atoms with Crippen LogP contribution in [0.15, 0.2) is 12.1 Å². The molecule has 1 aliphatic rings. The molecule has 2 heteroatoms. The van der Waals surface area contributed by atoms with Crippen LogP contribution in [-0.2, 0) is 6.42 Å². The van der Waals surface area contributed by atoms with Crippen LogP contribution in [0.1, 0.15) is 11.1 Å². The molecule has 0 saturated heterocycles. The molecular weight excluding hydrogens is 141 g/mol. The highest BCUT2D eigenvalue weighted by Gasteiger charge is 2.11. The van der Waals surface area contributed by atoms with Crippen LogP contribution in [0, 0.1) is 12.7 Å². The predicted molar refractivity (Wildman–Crippen MR) is 43.3 cm³/mol. The number of fused-ring (bicyclic) bond motifs is 1. The largest absolute Gasteiger partial charge is 0.384 e. The summed E-state index contributed by atoms with van der Waals surface area (Å²) >= 11 is 0. The molecule has 1 N–H and O–H groups in total. The van der Waals surface area contributed by atoms with Gasteiger partial charge in [0, 0.05) is 12.2 Å². The van der Waals surface area contributed by atoms with Crippen molar-refractivity contribution in [2.24, 2.45) is 0 Å². The Labute approximate surface area is 65.2 Å². The molecule has 0 aromatic heterocycles. The van der Waals surface area contributed by atoms with Crippen LogP contribution < -0.4 is 5.32 Å². The Bertz CT molecular complexity index is 265. The van der Waals surface area contributed by atoms with Crippen molar-refractivity contribution in [1.29, 1.82) is 0 Å². The third kappa shape index (κ3) is 0.985. The van der Waals surface area contributed by atoms with Gasteiger partial charge in [-0.1, -0.05) is 0 Å². The molecule has 11 heavy (non-hydrogen) atoms. The lowest BCUT2D eigenvalue weighted by Gasteiger charge is -2.01. The van der Waals surface area contributed by atoms with E-state index >= 15 is 0 Å². The average molecular weight is 151 g/mol. The fraction of sp³-hybridized carbons (Fsp3) is 0.333. The second-order valence-corrected chi connectivity index (χ2v) is 2.94. The normalized spacial score (nSPS) is 14.4. The standard InChI is InChI=1S/C9H10FN/c1-6-4-9-7(2-3-11-9)5-8(6)10/h4-5,11H,2-3H2,1H3. The van der Waals surface area contributed by atoms with E-state index in [1.807, 2.05) is 6.07 Å². The van der Waals surface area contributed by atoms with Gasteiger partial charge in [-0.25, -0.2) is 4.39 Å². The zero-order valence-corrected chi connectivity index (χ0v) is 6.45. The highest BCUT2D eigenvalue weighted by Crippen LogP contribution is 2.24. The summed E-state index contributed by atoms with van der Waals surface area (Å²) in [6.07, 6.45) is 0.951. The topological polar surface area (TPSA) is 12.0 Å². The molecule has 1 aliphatic heterocycles. The molecule has 1 aromatic rings. The number of anilines is 1. The predicted octanol–water partition coefficient (Wildman–Crippen LogP) is 2.10. The van der Waals surface area contributed by atoms with Gasteiger partial charge in [-0.3, -0.25) is 0 Å². The molecule has 0 fully saturated rings. The van der Waals surface area contributed by atoms with Crippen molar-refractivity contribution in [3.63, 3.8) is 0 Å². The summed E-state index contributed by atoms with van der Waals surface area (Å²) in [4.78, 5) is 0. The smallest absolute Gasteiger partial charge is 0.126 e. The van der Waals surface area contributed by atoms with Gasteiger partial charge in [-0.05, 0) is 36.6 Å². The maximum Gasteiger partial charge on any atom is 0.126 e. The van der Waals surface area contributed by atoms with Gasteiger partial charge in [0.25, 0.3) is 0 Å². The van der Waals surface area contributed by atoms with E-state index in [-0.39, 0.29) is 5.82 Å². The number of hydrogen-bond acceptors (Lipinski definition) is 1. The molecule has 0 spiro atoms. The van der Waals surface area contributed by atoms with Gasteiger partial charge >= 0.3 is 0 Å². The van der Waals surface area contributed by atoms with Gasteiger partial charge in [0.15, 0.2) is 0 Å². The molecule has 1 nitrogen and oxygen atoms in total. The number of rotatable bonds is 0. The SMILES string of the molecule is Cc1cc2c(cc1F)CCN2. The Hall–Kier alpha value is -1.05. The molecule has 0 radical (unpaired) electrons. The maximum atomic E-state index is 12.9. The summed E-state index contributed by atoms with van der Waals surface area (Å²) < 4.78 is 12.9. The summed E-state index contributed by atoms with van der Waals surface area (Å²) in [6, 6.07) is 3.50. The number of nitrogens with one attached hydrogen (secondary N) is 1. The van der Waals surface area contributed by atoms with E-state index in [1.165, 1.54) is 0 Å². The molecule has 0 unspecified atom stereocenters. The first kappa shape index (κ1) is 6.65. The summed E-state index contributed by atoms with van der Waals surface area (Å²) in [5.74, 6) is -0.0903. The molecule has 0 aliphatic carbocycles. The molecule has 1 aromatic carbocycles. The molecule has 1 heterocycles. The quantitative estimate of drug-likeness (QED) is 0.598. The van der Waals surface area contributed by atoms with E-state index in [1.54, 1.807) is 13.0 Å². The molecule has 0 amide bonds. The lowest BCUT2D eigenvalue weighted by molar-refractivity contribution is 0.617. The minimum atomic E-state index is -0.0903. The van der Waals surface area contributed by atoms with Crippen LogP contribution in [0.5, 0.6) is 0 Å². The lowest BCUT2D eigenvalue weighted by Crippen LogP contribution is -1.91. The minimum absolute atomic E-state index is 0.0903. The summed E-state index contributed by atoms with van der Waals surface area (Å²) in [7, 11) is 0. The zero-order chi connectivity index (χ0) is 7.84. The summed E-state index contributed by atoms with van der Waals surface area (Å²) in [6.45, 7) is 2.73. The van der Waals surface area contributed by atoms with Gasteiger partial charge in [-0.15, -0.1) is 0 Å². The summed E-state index contributed by atoms with van der Waals surface area (Å²) in [5.41, 5.74) is 2.93. The zero-order valence-electron chi connectivity index (χ0n) is 6.45. The number of hydrogen-bond donors (Lipinski definition) is 1. The first-order valence-corrected chi connectivity index (χ1v) is 3.80. The Morgan fingerprint density at radius 1 is 1.45 bits per heavy atom. The lowest BCUT2D eigenvalue weighted by atomic mass is 10.1. The molecular formula is C9H10FN. The van der Waals surface area contributed by atoms with Crippen LogP contribution in [-0.4, -0.2) is 6.54 Å². The highest BCUT2D eigenvalue weighted by atomic mass is 19.1. The van der Waals surface area contributed by atoms with Gasteiger partial charge in [0.2, 0.25) is 0 Å². The molecule has 58 valence electrons. The second-order valence-electron chi connectivity index (χ2n) is 2.94. The number of benzene rings is 1. The molecule has 0 saturated carbocycles. The van der Waals surface area contributed by atoms with Gasteiger partial charge in [-0.2, -0.15) is 0 Å². The fourth-order valence-electron chi connectivity index (χ4n) is 1.43. The van der Waals surface area contributed by atoms with Crippen molar-refractivity contribution >= 4 is 5.69 Å². The Kier molecular flexibility index (Phi) is 1.34. The van der Waals surface area contributed by atoms with Crippen molar-refractivity contribution in [2.45, 2.75) is 13.3 Å². The highest BCUT2D eigenvalue weighted by molar-refractivity contribution is 5.57. The fourth-order valence-corrected chi connectivity index (χ4v) is 1.43. The van der Waals surface area contributed by atoms with E-state index in [2.05, 4.69) is 5.32 Å². The maximum absolute atomic E-state index is 12.9. The van der Waals surface area contributed by atoms with Crippen molar-refractivity contribution in [3.8, 4) is 0 Å². The van der Waals surface area contributed by atoms with Crippen molar-refractivity contribution in [3.05, 3.63) is 29.1 Å². The molecule has 0 atom stereocenters. The minimum Gasteiger partial charge on any atom is -0.384 e. The average Bonchev–Trinajstić information content (AvgIpc) is 2.36. The Morgan fingerprint density at radius 2 is 2.27 bits per heavy atom. The Balaban J connectivity index is 2.57. The van der Waals surface area contributed by atoms with E-state index < -0.39 is 0 Å². The van der Waals surface area contributed by atoms with E-state index in [0.717, 1.165) is 29.8 Å². The third-order valence-electron chi connectivity index (χ3n) is 2.09. The van der Waals surface area contributed by atoms with Crippen LogP contribution in [0.3, 0.4) is 0 Å². The first-order valence-electron chi connectivity index (χ1n) is 3.80. The van der Waals surface area contributed by atoms with Crippen LogP contribution in [0.25, 0.3) is 0 Å². The first-order chi connectivity index (χ1) is 5.27. The van der Waals surface area contributed by atoms with Gasteiger partial charge < -0.3 is 5.32 Å². The van der Waals surface area contributed by atoms with Gasteiger partial charge in [0.1, 0.15) is 5.82 Å². The number of halogens is 1. The Morgan fingerprint density at radius 3 is 3.09 bits per heavy atom. The van der Waals surface area contributed by atoms with Crippen molar-refractivity contribution in [1.82, 2.24) is 0 Å². The van der Waals surface area contributed by atoms with Crippen LogP contribution in [0.2, 0.25) is 0 Å². The number of aryl methyl sites for hydroxylation is 1.